The summed E-state index contributed by atoms with van der Waals surface area (Å²) in [5.74, 6) is -1.18. The minimum absolute atomic E-state index is 0.147. The zero-order valence-corrected chi connectivity index (χ0v) is 13.5. The van der Waals surface area contributed by atoms with E-state index in [1.54, 1.807) is 13.2 Å². The second-order valence-electron chi connectivity index (χ2n) is 5.81. The molecule has 0 saturated carbocycles. The van der Waals surface area contributed by atoms with Crippen molar-refractivity contribution < 1.29 is 23.8 Å². The van der Waals surface area contributed by atoms with E-state index in [1.165, 1.54) is 4.90 Å². The van der Waals surface area contributed by atoms with E-state index < -0.39 is 11.9 Å². The number of para-hydroxylation sites is 1. The van der Waals surface area contributed by atoms with Gasteiger partial charge in [-0.1, -0.05) is 32.0 Å². The smallest absolute Gasteiger partial charge is 0.323 e. The van der Waals surface area contributed by atoms with Crippen molar-refractivity contribution in [1.29, 1.82) is 0 Å². The Balaban J connectivity index is 2.44. The van der Waals surface area contributed by atoms with Gasteiger partial charge in [0.2, 0.25) is 0 Å². The third kappa shape index (κ3) is 3.90. The molecule has 1 amide bonds. The molecule has 0 saturated heterocycles. The Bertz CT molecular complexity index is 704. The van der Waals surface area contributed by atoms with E-state index in [-0.39, 0.29) is 24.8 Å². The molecule has 2 aromatic rings. The molecule has 0 spiro atoms. The normalized spacial score (nSPS) is 11.1. The Hall–Kier alpha value is -2.34. The number of hydrogen-bond donors (Lipinski definition) is 1. The Labute approximate surface area is 134 Å². The van der Waals surface area contributed by atoms with E-state index in [0.717, 1.165) is 5.39 Å². The van der Waals surface area contributed by atoms with Crippen molar-refractivity contribution in [2.24, 2.45) is 5.92 Å². The Morgan fingerprint density at radius 2 is 2.00 bits per heavy atom. The van der Waals surface area contributed by atoms with Crippen LogP contribution in [0, 0.1) is 5.92 Å². The van der Waals surface area contributed by atoms with Crippen molar-refractivity contribution in [3.63, 3.8) is 0 Å². The molecule has 0 aliphatic rings. The molecule has 1 heterocycles. The van der Waals surface area contributed by atoms with Crippen molar-refractivity contribution in [3.05, 3.63) is 35.6 Å². The molecular weight excluding hydrogens is 298 g/mol. The molecule has 0 atom stereocenters. The monoisotopic (exact) mass is 319 g/mol. The van der Waals surface area contributed by atoms with Crippen LogP contribution in [0.5, 0.6) is 0 Å². The summed E-state index contributed by atoms with van der Waals surface area (Å²) in [4.78, 5) is 25.2. The maximum atomic E-state index is 12.8. The predicted octanol–water partition coefficient (Wildman–Crippen LogP) is 2.76. The van der Waals surface area contributed by atoms with Crippen LogP contribution >= 0.6 is 0 Å². The minimum Gasteiger partial charge on any atom is -0.480 e. The highest BCUT2D eigenvalue weighted by molar-refractivity contribution is 6.00. The number of aliphatic carboxylic acids is 1. The second kappa shape index (κ2) is 7.28. The van der Waals surface area contributed by atoms with Crippen molar-refractivity contribution in [3.8, 4) is 0 Å². The number of furan rings is 1. The lowest BCUT2D eigenvalue weighted by Crippen LogP contribution is -2.38. The average molecular weight is 319 g/mol. The fourth-order valence-corrected chi connectivity index (χ4v) is 2.53. The largest absolute Gasteiger partial charge is 0.480 e. The topological polar surface area (TPSA) is 80.0 Å². The molecule has 0 radical (unpaired) electrons. The number of nitrogens with zero attached hydrogens (tertiary/aromatic N) is 1. The van der Waals surface area contributed by atoms with Crippen LogP contribution in [-0.2, 0) is 16.1 Å². The SMILES string of the molecule is COCc1c(C(=O)N(CC(=O)O)CC(C)C)oc2ccccc12. The molecular formula is C17H21NO5. The minimum atomic E-state index is -1.05. The van der Waals surface area contributed by atoms with Gasteiger partial charge in [0, 0.05) is 24.6 Å². The number of carboxylic acids is 1. The van der Waals surface area contributed by atoms with E-state index in [9.17, 15) is 9.59 Å². The van der Waals surface area contributed by atoms with Gasteiger partial charge in [0.05, 0.1) is 6.61 Å². The maximum absolute atomic E-state index is 12.8. The van der Waals surface area contributed by atoms with Crippen LogP contribution in [0.3, 0.4) is 0 Å². The number of benzene rings is 1. The predicted molar refractivity (Wildman–Crippen MR) is 85.3 cm³/mol. The first-order chi connectivity index (χ1) is 10.9. The molecule has 1 N–H and O–H groups in total. The summed E-state index contributed by atoms with van der Waals surface area (Å²) >= 11 is 0. The highest BCUT2D eigenvalue weighted by Gasteiger charge is 2.26. The number of carbonyl (C=O) groups is 2. The van der Waals surface area contributed by atoms with Gasteiger partial charge < -0.3 is 19.2 Å². The number of amides is 1. The van der Waals surface area contributed by atoms with E-state index in [0.29, 0.717) is 17.7 Å². The number of carboxylic acid groups (broad SMARTS) is 1. The Morgan fingerprint density at radius 3 is 2.61 bits per heavy atom. The molecule has 0 aliphatic carbocycles. The van der Waals surface area contributed by atoms with Crippen LogP contribution in [0.1, 0.15) is 30.0 Å². The molecule has 0 fully saturated rings. The van der Waals surface area contributed by atoms with Gasteiger partial charge in [-0.3, -0.25) is 9.59 Å². The molecule has 1 aromatic heterocycles. The summed E-state index contributed by atoms with van der Waals surface area (Å²) in [6.45, 7) is 4.06. The second-order valence-corrected chi connectivity index (χ2v) is 5.81. The van der Waals surface area contributed by atoms with Gasteiger partial charge in [-0.25, -0.2) is 0 Å². The van der Waals surface area contributed by atoms with Crippen LogP contribution in [0.2, 0.25) is 0 Å². The van der Waals surface area contributed by atoms with Crippen LogP contribution < -0.4 is 0 Å². The summed E-state index contributed by atoms with van der Waals surface area (Å²) in [6, 6.07) is 7.30. The third-order valence-electron chi connectivity index (χ3n) is 3.38. The summed E-state index contributed by atoms with van der Waals surface area (Å²) in [5.41, 5.74) is 1.23. The zero-order chi connectivity index (χ0) is 17.0. The van der Waals surface area contributed by atoms with E-state index in [2.05, 4.69) is 0 Å². The van der Waals surface area contributed by atoms with Gasteiger partial charge in [0.15, 0.2) is 5.76 Å². The van der Waals surface area contributed by atoms with Crippen molar-refractivity contribution in [2.75, 3.05) is 20.2 Å². The van der Waals surface area contributed by atoms with Crippen molar-refractivity contribution >= 4 is 22.8 Å². The van der Waals surface area contributed by atoms with E-state index >= 15 is 0 Å². The molecule has 0 aliphatic heterocycles. The summed E-state index contributed by atoms with van der Waals surface area (Å²) in [6.07, 6.45) is 0. The number of fused-ring (bicyclic) bond motifs is 1. The Kier molecular flexibility index (Phi) is 5.39. The van der Waals surface area contributed by atoms with Gasteiger partial charge in [0.25, 0.3) is 5.91 Å². The lowest BCUT2D eigenvalue weighted by atomic mass is 10.1. The fraction of sp³-hybridized carbons (Fsp3) is 0.412. The van der Waals surface area contributed by atoms with Gasteiger partial charge >= 0.3 is 5.97 Å². The lowest BCUT2D eigenvalue weighted by molar-refractivity contribution is -0.137. The number of ether oxygens (including phenoxy) is 1. The molecule has 23 heavy (non-hydrogen) atoms. The quantitative estimate of drug-likeness (QED) is 0.849. The average Bonchev–Trinajstić information content (AvgIpc) is 2.84. The first-order valence-electron chi connectivity index (χ1n) is 7.44. The van der Waals surface area contributed by atoms with E-state index in [4.69, 9.17) is 14.3 Å². The standard InChI is InChI=1S/C17H21NO5/c1-11(2)8-18(9-15(19)20)17(21)16-13(10-22-3)12-6-4-5-7-14(12)23-16/h4-7,11H,8-10H2,1-3H3,(H,19,20). The number of carbonyl (C=O) groups excluding carboxylic acids is 1. The van der Waals surface area contributed by atoms with Crippen molar-refractivity contribution in [2.45, 2.75) is 20.5 Å². The highest BCUT2D eigenvalue weighted by Crippen LogP contribution is 2.27. The number of methoxy groups -OCH3 is 1. The number of hydrogen-bond acceptors (Lipinski definition) is 4. The summed E-state index contributed by atoms with van der Waals surface area (Å²) in [7, 11) is 1.54. The van der Waals surface area contributed by atoms with Gasteiger partial charge in [0.1, 0.15) is 12.1 Å². The summed E-state index contributed by atoms with van der Waals surface area (Å²) in [5, 5.41) is 9.86. The fourth-order valence-electron chi connectivity index (χ4n) is 2.53. The summed E-state index contributed by atoms with van der Waals surface area (Å²) < 4.78 is 10.9. The highest BCUT2D eigenvalue weighted by atomic mass is 16.5. The Morgan fingerprint density at radius 1 is 1.30 bits per heavy atom. The molecule has 2 rings (SSSR count). The van der Waals surface area contributed by atoms with E-state index in [1.807, 2.05) is 32.0 Å². The molecule has 0 bridgehead atoms. The van der Waals surface area contributed by atoms with Crippen LogP contribution in [-0.4, -0.2) is 42.1 Å². The molecule has 6 heteroatoms. The van der Waals surface area contributed by atoms with Gasteiger partial charge in [-0.15, -0.1) is 0 Å². The van der Waals surface area contributed by atoms with Gasteiger partial charge in [-0.2, -0.15) is 0 Å². The molecule has 0 unspecified atom stereocenters. The molecule has 124 valence electrons. The lowest BCUT2D eigenvalue weighted by Gasteiger charge is -2.22. The van der Waals surface area contributed by atoms with Crippen LogP contribution in [0.15, 0.2) is 28.7 Å². The molecule has 1 aromatic carbocycles. The number of rotatable bonds is 7. The maximum Gasteiger partial charge on any atom is 0.323 e. The zero-order valence-electron chi connectivity index (χ0n) is 13.5. The van der Waals surface area contributed by atoms with Crippen molar-refractivity contribution in [1.82, 2.24) is 4.90 Å². The molecule has 6 nitrogen and oxygen atoms in total. The first-order valence-corrected chi connectivity index (χ1v) is 7.44. The van der Waals surface area contributed by atoms with Crippen LogP contribution in [0.25, 0.3) is 11.0 Å². The first kappa shape index (κ1) is 17.0. The third-order valence-corrected chi connectivity index (χ3v) is 3.38. The van der Waals surface area contributed by atoms with Gasteiger partial charge in [-0.05, 0) is 12.0 Å². The van der Waals surface area contributed by atoms with Crippen LogP contribution in [0.4, 0.5) is 0 Å².